The van der Waals surface area contributed by atoms with Crippen LogP contribution in [0.2, 0.25) is 0 Å². The van der Waals surface area contributed by atoms with Crippen molar-refractivity contribution in [3.05, 3.63) is 23.9 Å². The summed E-state index contributed by atoms with van der Waals surface area (Å²) in [7, 11) is 4.02. The van der Waals surface area contributed by atoms with E-state index in [9.17, 15) is 0 Å². The van der Waals surface area contributed by atoms with Crippen molar-refractivity contribution in [1.29, 1.82) is 0 Å². The summed E-state index contributed by atoms with van der Waals surface area (Å²) in [6, 6.07) is 4.51. The van der Waals surface area contributed by atoms with Crippen LogP contribution in [-0.4, -0.2) is 75.4 Å². The molecular weight excluding hydrogens is 340 g/mol. The molecule has 1 fully saturated rings. The zero-order chi connectivity index (χ0) is 19.6. The number of aliphatic imine (C=N–C) groups is 1. The van der Waals surface area contributed by atoms with Gasteiger partial charge in [0.05, 0.1) is 19.8 Å². The zero-order valence-electron chi connectivity index (χ0n) is 17.5. The molecule has 0 aliphatic carbocycles. The van der Waals surface area contributed by atoms with Gasteiger partial charge in [-0.25, -0.2) is 9.98 Å². The SMILES string of the molecule is CCNC(=NCc1cccnc1N(C)C)NCC(C(C)C)N1CCOCC1. The van der Waals surface area contributed by atoms with E-state index in [0.717, 1.165) is 56.7 Å². The lowest BCUT2D eigenvalue weighted by molar-refractivity contribution is 0.00752. The van der Waals surface area contributed by atoms with Crippen molar-refractivity contribution in [3.8, 4) is 0 Å². The Kier molecular flexibility index (Phi) is 8.81. The molecule has 1 unspecified atom stereocenters. The summed E-state index contributed by atoms with van der Waals surface area (Å²) < 4.78 is 5.50. The maximum atomic E-state index is 5.50. The van der Waals surface area contributed by atoms with Crippen LogP contribution < -0.4 is 15.5 Å². The van der Waals surface area contributed by atoms with Gasteiger partial charge in [0.15, 0.2) is 5.96 Å². The smallest absolute Gasteiger partial charge is 0.191 e. The summed E-state index contributed by atoms with van der Waals surface area (Å²) in [5.41, 5.74) is 1.12. The summed E-state index contributed by atoms with van der Waals surface area (Å²) >= 11 is 0. The van der Waals surface area contributed by atoms with Crippen molar-refractivity contribution in [2.24, 2.45) is 10.9 Å². The van der Waals surface area contributed by atoms with Gasteiger partial charge in [-0.3, -0.25) is 4.90 Å². The largest absolute Gasteiger partial charge is 0.379 e. The molecule has 7 nitrogen and oxygen atoms in total. The van der Waals surface area contributed by atoms with Gasteiger partial charge in [0.1, 0.15) is 5.82 Å². The Labute approximate surface area is 164 Å². The summed E-state index contributed by atoms with van der Waals surface area (Å²) in [4.78, 5) is 13.8. The number of nitrogens with one attached hydrogen (secondary N) is 2. The fourth-order valence-corrected chi connectivity index (χ4v) is 3.36. The Balaban J connectivity index is 2.02. The molecule has 1 saturated heterocycles. The maximum Gasteiger partial charge on any atom is 0.191 e. The monoisotopic (exact) mass is 376 g/mol. The number of guanidine groups is 1. The number of rotatable bonds is 8. The van der Waals surface area contributed by atoms with E-state index >= 15 is 0 Å². The molecule has 0 bridgehead atoms. The molecular formula is C20H36N6O. The number of morpholine rings is 1. The molecule has 2 N–H and O–H groups in total. The standard InChI is InChI=1S/C20H36N6O/c1-6-21-20(23-14-17-8-7-9-22-19(17)25(4)5)24-15-18(16(2)3)26-10-12-27-13-11-26/h7-9,16,18H,6,10-15H2,1-5H3,(H2,21,23,24). The Morgan fingerprint density at radius 2 is 2.04 bits per heavy atom. The first-order valence-electron chi connectivity index (χ1n) is 9.98. The molecule has 152 valence electrons. The molecule has 0 spiro atoms. The van der Waals surface area contributed by atoms with Crippen molar-refractivity contribution in [2.45, 2.75) is 33.4 Å². The first-order valence-corrected chi connectivity index (χ1v) is 9.98. The lowest BCUT2D eigenvalue weighted by atomic mass is 10.0. The fourth-order valence-electron chi connectivity index (χ4n) is 3.36. The van der Waals surface area contributed by atoms with Gasteiger partial charge in [0.2, 0.25) is 0 Å². The average molecular weight is 377 g/mol. The predicted octanol–water partition coefficient (Wildman–Crippen LogP) is 1.56. The third-order valence-electron chi connectivity index (χ3n) is 4.81. The molecule has 7 heteroatoms. The number of nitrogens with zero attached hydrogens (tertiary/aromatic N) is 4. The quantitative estimate of drug-likeness (QED) is 0.530. The average Bonchev–Trinajstić information content (AvgIpc) is 2.67. The molecule has 2 heterocycles. The molecule has 0 saturated carbocycles. The normalized spacial score (nSPS) is 17.0. The van der Waals surface area contributed by atoms with Gasteiger partial charge < -0.3 is 20.3 Å². The van der Waals surface area contributed by atoms with Crippen LogP contribution in [-0.2, 0) is 11.3 Å². The highest BCUT2D eigenvalue weighted by atomic mass is 16.5. The molecule has 1 atom stereocenters. The number of pyridine rings is 1. The minimum Gasteiger partial charge on any atom is -0.379 e. The summed E-state index contributed by atoms with van der Waals surface area (Å²) in [5.74, 6) is 2.38. The highest BCUT2D eigenvalue weighted by molar-refractivity contribution is 5.79. The summed E-state index contributed by atoms with van der Waals surface area (Å²) in [6.07, 6.45) is 1.82. The van der Waals surface area contributed by atoms with Crippen molar-refractivity contribution in [2.75, 3.05) is 58.4 Å². The number of hydrogen-bond donors (Lipinski definition) is 2. The molecule has 1 aliphatic heterocycles. The van der Waals surface area contributed by atoms with Gasteiger partial charge in [0, 0.05) is 58.1 Å². The molecule has 1 aromatic heterocycles. The molecule has 0 amide bonds. The molecule has 27 heavy (non-hydrogen) atoms. The maximum absolute atomic E-state index is 5.50. The summed E-state index contributed by atoms with van der Waals surface area (Å²) in [5, 5.41) is 6.90. The van der Waals surface area contributed by atoms with Crippen LogP contribution in [0.5, 0.6) is 0 Å². The van der Waals surface area contributed by atoms with E-state index in [0.29, 0.717) is 18.5 Å². The third-order valence-corrected chi connectivity index (χ3v) is 4.81. The van der Waals surface area contributed by atoms with Crippen LogP contribution in [0.1, 0.15) is 26.3 Å². The van der Waals surface area contributed by atoms with E-state index in [2.05, 4.69) is 47.4 Å². The minimum atomic E-state index is 0.466. The van der Waals surface area contributed by atoms with E-state index in [1.54, 1.807) is 0 Å². The Morgan fingerprint density at radius 3 is 2.67 bits per heavy atom. The highest BCUT2D eigenvalue weighted by Crippen LogP contribution is 2.15. The van der Waals surface area contributed by atoms with Crippen molar-refractivity contribution < 1.29 is 4.74 Å². The van der Waals surface area contributed by atoms with Crippen molar-refractivity contribution in [3.63, 3.8) is 0 Å². The third kappa shape index (κ3) is 6.66. The first-order chi connectivity index (χ1) is 13.0. The number of hydrogen-bond acceptors (Lipinski definition) is 5. The first kappa shape index (κ1) is 21.4. The van der Waals surface area contributed by atoms with Crippen molar-refractivity contribution in [1.82, 2.24) is 20.5 Å². The van der Waals surface area contributed by atoms with Crippen molar-refractivity contribution >= 4 is 11.8 Å². The Bertz CT molecular complexity index is 584. The van der Waals surface area contributed by atoms with E-state index < -0.39 is 0 Å². The van der Waals surface area contributed by atoms with Crippen LogP contribution in [0.4, 0.5) is 5.82 Å². The van der Waals surface area contributed by atoms with Crippen LogP contribution >= 0.6 is 0 Å². The van der Waals surface area contributed by atoms with Gasteiger partial charge in [-0.1, -0.05) is 19.9 Å². The van der Waals surface area contributed by atoms with Crippen LogP contribution in [0.3, 0.4) is 0 Å². The van der Waals surface area contributed by atoms with E-state index in [4.69, 9.17) is 9.73 Å². The van der Waals surface area contributed by atoms with Gasteiger partial charge in [-0.2, -0.15) is 0 Å². The number of ether oxygens (including phenoxy) is 1. The van der Waals surface area contributed by atoms with Crippen LogP contribution in [0.25, 0.3) is 0 Å². The molecule has 0 radical (unpaired) electrons. The second-order valence-corrected chi connectivity index (χ2v) is 7.42. The molecule has 1 aromatic rings. The van der Waals surface area contributed by atoms with Gasteiger partial charge in [-0.15, -0.1) is 0 Å². The highest BCUT2D eigenvalue weighted by Gasteiger charge is 2.23. The topological polar surface area (TPSA) is 65.0 Å². The fraction of sp³-hybridized carbons (Fsp3) is 0.700. The van der Waals surface area contributed by atoms with Gasteiger partial charge in [-0.05, 0) is 18.9 Å². The summed E-state index contributed by atoms with van der Waals surface area (Å²) in [6.45, 7) is 12.6. The van der Waals surface area contributed by atoms with Crippen LogP contribution in [0.15, 0.2) is 23.3 Å². The van der Waals surface area contributed by atoms with E-state index in [1.807, 2.05) is 31.3 Å². The zero-order valence-corrected chi connectivity index (χ0v) is 17.5. The lowest BCUT2D eigenvalue weighted by Crippen LogP contribution is -2.52. The second kappa shape index (κ2) is 11.1. The Hall–Kier alpha value is -1.86. The van der Waals surface area contributed by atoms with E-state index in [-0.39, 0.29) is 0 Å². The Morgan fingerprint density at radius 1 is 1.30 bits per heavy atom. The van der Waals surface area contributed by atoms with Crippen LogP contribution in [0, 0.1) is 5.92 Å². The number of anilines is 1. The number of aromatic nitrogens is 1. The van der Waals surface area contributed by atoms with Gasteiger partial charge >= 0.3 is 0 Å². The molecule has 1 aliphatic rings. The van der Waals surface area contributed by atoms with Gasteiger partial charge in [0.25, 0.3) is 0 Å². The minimum absolute atomic E-state index is 0.466. The predicted molar refractivity (Wildman–Crippen MR) is 112 cm³/mol. The molecule has 0 aromatic carbocycles. The second-order valence-electron chi connectivity index (χ2n) is 7.42. The molecule has 2 rings (SSSR count). The van der Waals surface area contributed by atoms with E-state index in [1.165, 1.54) is 0 Å². The lowest BCUT2D eigenvalue weighted by Gasteiger charge is -2.37.